The molecule has 0 fully saturated rings. The van der Waals surface area contributed by atoms with E-state index in [1.807, 2.05) is 25.1 Å². The summed E-state index contributed by atoms with van der Waals surface area (Å²) in [5, 5.41) is 10.6. The van der Waals surface area contributed by atoms with Gasteiger partial charge in [-0.05, 0) is 62.4 Å². The van der Waals surface area contributed by atoms with E-state index in [-0.39, 0.29) is 10.8 Å². The van der Waals surface area contributed by atoms with Crippen molar-refractivity contribution < 1.29 is 17.9 Å². The summed E-state index contributed by atoms with van der Waals surface area (Å²) in [6.07, 6.45) is 1.73. The van der Waals surface area contributed by atoms with Crippen LogP contribution in [0.1, 0.15) is 19.4 Å². The van der Waals surface area contributed by atoms with Crippen LogP contribution < -0.4 is 14.9 Å². The normalized spacial score (nSPS) is 15.9. The molecular formula is C19H18BrN3O4S. The Morgan fingerprint density at radius 2 is 1.89 bits per heavy atom. The van der Waals surface area contributed by atoms with Gasteiger partial charge in [0, 0.05) is 10.0 Å². The fourth-order valence-electron chi connectivity index (χ4n) is 2.71. The Kier molecular flexibility index (Phi) is 5.69. The third-order valence-corrected chi connectivity index (χ3v) is 5.47. The number of anilines is 1. The summed E-state index contributed by atoms with van der Waals surface area (Å²) in [6, 6.07) is 11.2. The van der Waals surface area contributed by atoms with Gasteiger partial charge in [-0.2, -0.15) is 10.1 Å². The monoisotopic (exact) mass is 463 g/mol. The summed E-state index contributed by atoms with van der Waals surface area (Å²) in [4.78, 5) is 12.9. The van der Waals surface area contributed by atoms with Crippen molar-refractivity contribution in [3.8, 4) is 5.75 Å². The Morgan fingerprint density at radius 3 is 2.50 bits per heavy atom. The summed E-state index contributed by atoms with van der Waals surface area (Å²) >= 11 is 3.43. The van der Waals surface area contributed by atoms with E-state index in [0.717, 1.165) is 10.0 Å². The van der Waals surface area contributed by atoms with Crippen LogP contribution in [-0.4, -0.2) is 26.6 Å². The van der Waals surface area contributed by atoms with E-state index in [1.165, 1.54) is 29.3 Å². The number of sulfonamides is 1. The number of nitrogens with zero attached hydrogens (tertiary/aromatic N) is 2. The molecule has 146 valence electrons. The van der Waals surface area contributed by atoms with E-state index in [1.54, 1.807) is 13.0 Å². The lowest BCUT2D eigenvalue weighted by molar-refractivity contribution is -0.114. The van der Waals surface area contributed by atoms with Crippen LogP contribution in [0, 0.1) is 0 Å². The van der Waals surface area contributed by atoms with E-state index in [9.17, 15) is 13.2 Å². The number of carbonyl (C=O) groups is 1. The van der Waals surface area contributed by atoms with Gasteiger partial charge in [0.15, 0.2) is 0 Å². The van der Waals surface area contributed by atoms with Crippen molar-refractivity contribution in [1.29, 1.82) is 0 Å². The maximum Gasteiger partial charge on any atom is 0.280 e. The second-order valence-corrected chi connectivity index (χ2v) is 8.49. The first-order valence-corrected chi connectivity index (χ1v) is 10.7. The molecule has 1 aliphatic heterocycles. The van der Waals surface area contributed by atoms with Gasteiger partial charge in [-0.25, -0.2) is 13.6 Å². The minimum Gasteiger partial charge on any atom is -0.493 e. The second kappa shape index (κ2) is 7.86. The first-order chi connectivity index (χ1) is 13.2. The molecule has 2 N–H and O–H groups in total. The molecule has 0 aromatic heterocycles. The Balaban J connectivity index is 1.95. The molecule has 2 aromatic rings. The Hall–Kier alpha value is -2.49. The number of hydrazone groups is 1. The van der Waals surface area contributed by atoms with Gasteiger partial charge in [0.05, 0.1) is 28.5 Å². The van der Waals surface area contributed by atoms with Crippen LogP contribution in [0.25, 0.3) is 6.08 Å². The summed E-state index contributed by atoms with van der Waals surface area (Å²) in [5.74, 6) is 0.345. The Bertz CT molecular complexity index is 1090. The number of rotatable bonds is 5. The quantitative estimate of drug-likeness (QED) is 0.686. The molecular weight excluding hydrogens is 446 g/mol. The lowest BCUT2D eigenvalue weighted by Gasteiger charge is -2.12. The zero-order valence-corrected chi connectivity index (χ0v) is 17.6. The van der Waals surface area contributed by atoms with Crippen molar-refractivity contribution in [2.45, 2.75) is 18.7 Å². The summed E-state index contributed by atoms with van der Waals surface area (Å²) in [7, 11) is -3.80. The van der Waals surface area contributed by atoms with E-state index >= 15 is 0 Å². The largest absolute Gasteiger partial charge is 0.493 e. The molecule has 9 heteroatoms. The molecule has 3 rings (SSSR count). The van der Waals surface area contributed by atoms with Crippen molar-refractivity contribution in [2.75, 3.05) is 11.6 Å². The third-order valence-electron chi connectivity index (χ3n) is 4.04. The van der Waals surface area contributed by atoms with Crippen molar-refractivity contribution in [3.05, 3.63) is 58.1 Å². The number of nitrogens with two attached hydrogens (primary N) is 1. The predicted molar refractivity (Wildman–Crippen MR) is 112 cm³/mol. The van der Waals surface area contributed by atoms with Crippen LogP contribution >= 0.6 is 15.9 Å². The van der Waals surface area contributed by atoms with Gasteiger partial charge in [0.25, 0.3) is 5.91 Å². The van der Waals surface area contributed by atoms with Crippen molar-refractivity contribution >= 4 is 49.3 Å². The lowest BCUT2D eigenvalue weighted by Crippen LogP contribution is -2.21. The number of ether oxygens (including phenoxy) is 1. The number of amides is 1. The molecule has 2 aromatic carbocycles. The van der Waals surface area contributed by atoms with Crippen molar-refractivity contribution in [2.24, 2.45) is 10.2 Å². The van der Waals surface area contributed by atoms with E-state index in [4.69, 9.17) is 9.88 Å². The number of hydrogen-bond donors (Lipinski definition) is 1. The molecule has 0 aliphatic carbocycles. The van der Waals surface area contributed by atoms with Crippen LogP contribution in [0.2, 0.25) is 0 Å². The molecule has 1 aliphatic rings. The smallest absolute Gasteiger partial charge is 0.280 e. The molecule has 0 saturated carbocycles. The number of primary sulfonamides is 1. The van der Waals surface area contributed by atoms with Crippen LogP contribution in [0.15, 0.2) is 62.5 Å². The Morgan fingerprint density at radius 1 is 1.21 bits per heavy atom. The first kappa shape index (κ1) is 20.2. The second-order valence-electron chi connectivity index (χ2n) is 6.01. The molecule has 1 heterocycles. The van der Waals surface area contributed by atoms with Crippen molar-refractivity contribution in [1.82, 2.24) is 0 Å². The fourth-order valence-corrected chi connectivity index (χ4v) is 3.61. The number of halogens is 1. The predicted octanol–water partition coefficient (Wildman–Crippen LogP) is 3.30. The fraction of sp³-hybridized carbons (Fsp3) is 0.158. The van der Waals surface area contributed by atoms with Crippen LogP contribution in [0.5, 0.6) is 5.75 Å². The maximum atomic E-state index is 12.9. The molecule has 7 nitrogen and oxygen atoms in total. The average molecular weight is 464 g/mol. The zero-order chi connectivity index (χ0) is 20.5. The number of benzene rings is 2. The average Bonchev–Trinajstić information content (AvgIpc) is 2.92. The van der Waals surface area contributed by atoms with Gasteiger partial charge in [-0.3, -0.25) is 4.79 Å². The van der Waals surface area contributed by atoms with Crippen molar-refractivity contribution in [3.63, 3.8) is 0 Å². The van der Waals surface area contributed by atoms with Crippen LogP contribution in [0.3, 0.4) is 0 Å². The summed E-state index contributed by atoms with van der Waals surface area (Å²) in [5.41, 5.74) is 2.16. The number of carbonyl (C=O) groups excluding carboxylic acids is 1. The topological polar surface area (TPSA) is 102 Å². The van der Waals surface area contributed by atoms with E-state index in [2.05, 4.69) is 21.0 Å². The zero-order valence-electron chi connectivity index (χ0n) is 15.2. The van der Waals surface area contributed by atoms with Gasteiger partial charge in [0.1, 0.15) is 5.75 Å². The lowest BCUT2D eigenvalue weighted by atomic mass is 10.1. The van der Waals surface area contributed by atoms with Gasteiger partial charge in [-0.15, -0.1) is 0 Å². The van der Waals surface area contributed by atoms with Gasteiger partial charge >= 0.3 is 0 Å². The molecule has 0 atom stereocenters. The minimum atomic E-state index is -3.80. The van der Waals surface area contributed by atoms with Gasteiger partial charge in [0.2, 0.25) is 10.0 Å². The Labute approximate surface area is 171 Å². The molecule has 0 radical (unpaired) electrons. The number of hydrogen-bond acceptors (Lipinski definition) is 5. The van der Waals surface area contributed by atoms with Crippen LogP contribution in [0.4, 0.5) is 5.69 Å². The maximum absolute atomic E-state index is 12.9. The summed E-state index contributed by atoms with van der Waals surface area (Å²) in [6.45, 7) is 4.13. The van der Waals surface area contributed by atoms with Crippen LogP contribution in [-0.2, 0) is 14.8 Å². The minimum absolute atomic E-state index is 0.0325. The molecule has 1 amide bonds. The van der Waals surface area contributed by atoms with E-state index < -0.39 is 10.0 Å². The summed E-state index contributed by atoms with van der Waals surface area (Å²) < 4.78 is 29.3. The van der Waals surface area contributed by atoms with E-state index in [0.29, 0.717) is 29.3 Å². The van der Waals surface area contributed by atoms with Gasteiger partial charge in [-0.1, -0.05) is 15.9 Å². The molecule has 0 bridgehead atoms. The molecule has 0 unspecified atom stereocenters. The third kappa shape index (κ3) is 4.16. The highest BCUT2D eigenvalue weighted by Gasteiger charge is 2.29. The molecule has 0 spiro atoms. The highest BCUT2D eigenvalue weighted by Crippen LogP contribution is 2.30. The molecule has 28 heavy (non-hydrogen) atoms. The first-order valence-electron chi connectivity index (χ1n) is 8.37. The molecule has 0 saturated heterocycles. The SMILES string of the molecule is CCOc1ccc(Br)cc1C=C1C(=O)N(c2ccc(S(N)(=O)=O)cc2)N=C1C. The highest BCUT2D eigenvalue weighted by atomic mass is 79.9. The highest BCUT2D eigenvalue weighted by molar-refractivity contribution is 9.10. The van der Waals surface area contributed by atoms with Gasteiger partial charge < -0.3 is 4.74 Å². The standard InChI is InChI=1S/C19H18BrN3O4S/c1-3-27-18-9-4-14(20)10-13(18)11-17-12(2)22-23(19(17)24)15-5-7-16(8-6-15)28(21,25)26/h4-11H,3H2,1-2H3,(H2,21,25,26).